The molecule has 0 saturated carbocycles. The lowest BCUT2D eigenvalue weighted by atomic mass is 10.1. The number of amides is 2. The van der Waals surface area contributed by atoms with Crippen molar-refractivity contribution in [2.75, 3.05) is 0 Å². The van der Waals surface area contributed by atoms with E-state index in [-0.39, 0.29) is 26.2 Å². The average Bonchev–Trinajstić information content (AvgIpc) is 2.91. The van der Waals surface area contributed by atoms with E-state index in [0.29, 0.717) is 5.56 Å². The molecule has 27 heavy (non-hydrogen) atoms. The summed E-state index contributed by atoms with van der Waals surface area (Å²) in [6.45, 7) is 0. The number of benzene rings is 1. The van der Waals surface area contributed by atoms with Gasteiger partial charge in [0.2, 0.25) is 0 Å². The number of carbonyl (C=O) groups excluding carboxylic acids is 2. The molecule has 9 nitrogen and oxygen atoms in total. The molecule has 1 aliphatic heterocycles. The molecule has 1 fully saturated rings. The Morgan fingerprint density at radius 1 is 1.33 bits per heavy atom. The van der Waals surface area contributed by atoms with E-state index in [4.69, 9.17) is 12.2 Å². The van der Waals surface area contributed by atoms with Crippen molar-refractivity contribution < 1.29 is 19.6 Å². The van der Waals surface area contributed by atoms with Crippen LogP contribution in [-0.4, -0.2) is 36.2 Å². The number of nitro benzene ring substituents is 1. The van der Waals surface area contributed by atoms with Crippen molar-refractivity contribution in [3.05, 3.63) is 68.9 Å². The van der Waals surface area contributed by atoms with E-state index >= 15 is 0 Å². The van der Waals surface area contributed by atoms with E-state index in [2.05, 4.69) is 10.4 Å². The number of phenols is 1. The Balaban J connectivity index is 1.84. The molecule has 3 rings (SSSR count). The summed E-state index contributed by atoms with van der Waals surface area (Å²) < 4.78 is 0.0820. The minimum absolute atomic E-state index is 0.0820. The zero-order valence-electron chi connectivity index (χ0n) is 13.4. The zero-order chi connectivity index (χ0) is 19.6. The molecule has 2 heterocycles. The van der Waals surface area contributed by atoms with Gasteiger partial charge in [0.15, 0.2) is 4.32 Å². The van der Waals surface area contributed by atoms with E-state index < -0.39 is 16.7 Å². The van der Waals surface area contributed by atoms with Crippen LogP contribution in [0.2, 0.25) is 0 Å². The first-order valence-corrected chi connectivity index (χ1v) is 8.55. The second-order valence-electron chi connectivity index (χ2n) is 5.19. The second kappa shape index (κ2) is 7.51. The highest BCUT2D eigenvalue weighted by atomic mass is 32.2. The number of hydrogen-bond acceptors (Lipinski definition) is 8. The number of aromatic nitrogens is 1. The van der Waals surface area contributed by atoms with Crippen molar-refractivity contribution in [3.63, 3.8) is 0 Å². The van der Waals surface area contributed by atoms with Crippen LogP contribution in [-0.2, 0) is 4.79 Å². The fourth-order valence-electron chi connectivity index (χ4n) is 2.15. The van der Waals surface area contributed by atoms with Crippen molar-refractivity contribution >= 4 is 51.9 Å². The van der Waals surface area contributed by atoms with Gasteiger partial charge in [-0.25, -0.2) is 0 Å². The van der Waals surface area contributed by atoms with Crippen molar-refractivity contribution in [1.82, 2.24) is 15.4 Å². The number of nitrogens with zero attached hydrogens (tertiary/aromatic N) is 3. The normalized spacial score (nSPS) is 15.3. The monoisotopic (exact) mass is 402 g/mol. The summed E-state index contributed by atoms with van der Waals surface area (Å²) in [5.41, 5.74) is 2.54. The average molecular weight is 402 g/mol. The Labute approximate surface area is 161 Å². The fraction of sp³-hybridized carbons (Fsp3) is 0. The number of hydrazine groups is 1. The van der Waals surface area contributed by atoms with Crippen molar-refractivity contribution in [1.29, 1.82) is 0 Å². The summed E-state index contributed by atoms with van der Waals surface area (Å²) in [4.78, 5) is 38.9. The minimum Gasteiger partial charge on any atom is -0.507 e. The SMILES string of the molecule is O=C(NN1C(=O)C(=Cc2cc([N+](=O)[O-])ccc2O)SC1=S)c1ccncc1. The highest BCUT2D eigenvalue weighted by Crippen LogP contribution is 2.34. The van der Waals surface area contributed by atoms with Crippen LogP contribution in [0.4, 0.5) is 5.69 Å². The van der Waals surface area contributed by atoms with Crippen LogP contribution in [0.1, 0.15) is 15.9 Å². The molecular weight excluding hydrogens is 392 g/mol. The Morgan fingerprint density at radius 2 is 2.04 bits per heavy atom. The lowest BCUT2D eigenvalue weighted by molar-refractivity contribution is -0.384. The third-order valence-electron chi connectivity index (χ3n) is 3.46. The predicted octanol–water partition coefficient (Wildman–Crippen LogP) is 2.24. The van der Waals surface area contributed by atoms with Gasteiger partial charge >= 0.3 is 0 Å². The van der Waals surface area contributed by atoms with Crippen LogP contribution >= 0.6 is 24.0 Å². The summed E-state index contributed by atoms with van der Waals surface area (Å²) in [6.07, 6.45) is 4.15. The van der Waals surface area contributed by atoms with E-state index in [0.717, 1.165) is 35.0 Å². The molecule has 0 aliphatic carbocycles. The molecule has 0 spiro atoms. The number of aromatic hydroxyl groups is 1. The Hall–Kier alpha value is -3.31. The molecule has 0 bridgehead atoms. The van der Waals surface area contributed by atoms with Gasteiger partial charge in [0.1, 0.15) is 5.75 Å². The maximum atomic E-state index is 12.5. The molecule has 2 amide bonds. The minimum atomic E-state index is -0.614. The molecule has 1 aromatic heterocycles. The number of thioether (sulfide) groups is 1. The van der Waals surface area contributed by atoms with Gasteiger partial charge < -0.3 is 5.11 Å². The number of nitrogens with one attached hydrogen (secondary N) is 1. The first-order chi connectivity index (χ1) is 12.9. The van der Waals surface area contributed by atoms with Gasteiger partial charge in [-0.3, -0.25) is 30.1 Å². The number of pyridine rings is 1. The molecule has 0 unspecified atom stereocenters. The van der Waals surface area contributed by atoms with E-state index in [1.165, 1.54) is 30.6 Å². The molecule has 1 aromatic carbocycles. The number of nitro groups is 1. The van der Waals surface area contributed by atoms with Crippen molar-refractivity contribution in [2.24, 2.45) is 0 Å². The maximum absolute atomic E-state index is 12.5. The molecule has 0 radical (unpaired) electrons. The van der Waals surface area contributed by atoms with E-state index in [1.807, 2.05) is 0 Å². The first-order valence-electron chi connectivity index (χ1n) is 7.33. The number of hydrogen-bond donors (Lipinski definition) is 2. The van der Waals surface area contributed by atoms with Crippen LogP contribution in [0, 0.1) is 10.1 Å². The molecule has 11 heteroatoms. The quantitative estimate of drug-likeness (QED) is 0.345. The number of phenolic OH excluding ortho intramolecular Hbond substituents is 1. The van der Waals surface area contributed by atoms with Crippen LogP contribution in [0.15, 0.2) is 47.6 Å². The van der Waals surface area contributed by atoms with Gasteiger partial charge in [-0.1, -0.05) is 11.8 Å². The molecule has 2 N–H and O–H groups in total. The summed E-state index contributed by atoms with van der Waals surface area (Å²) in [7, 11) is 0. The van der Waals surface area contributed by atoms with Gasteiger partial charge in [0.25, 0.3) is 17.5 Å². The van der Waals surface area contributed by atoms with Crippen LogP contribution in [0.25, 0.3) is 6.08 Å². The van der Waals surface area contributed by atoms with Gasteiger partial charge in [-0.15, -0.1) is 0 Å². The van der Waals surface area contributed by atoms with Gasteiger partial charge in [0.05, 0.1) is 9.83 Å². The standard InChI is InChI=1S/C16H10N4O5S2/c21-12-2-1-11(20(24)25)7-10(12)8-13-15(23)19(16(26)27-13)18-14(22)9-3-5-17-6-4-9/h1-8,21H,(H,18,22). The topological polar surface area (TPSA) is 126 Å². The van der Waals surface area contributed by atoms with Gasteiger partial charge in [-0.05, 0) is 36.5 Å². The summed E-state index contributed by atoms with van der Waals surface area (Å²) in [5.74, 6) is -1.39. The van der Waals surface area contributed by atoms with Gasteiger partial charge in [-0.2, -0.15) is 5.01 Å². The highest BCUT2D eigenvalue weighted by molar-refractivity contribution is 8.26. The van der Waals surface area contributed by atoms with Crippen molar-refractivity contribution in [2.45, 2.75) is 0 Å². The van der Waals surface area contributed by atoms with E-state index in [1.54, 1.807) is 0 Å². The van der Waals surface area contributed by atoms with Crippen LogP contribution < -0.4 is 5.43 Å². The summed E-state index contributed by atoms with van der Waals surface area (Å²) >= 11 is 6.01. The second-order valence-corrected chi connectivity index (χ2v) is 6.87. The molecule has 0 atom stereocenters. The largest absolute Gasteiger partial charge is 0.507 e. The summed E-state index contributed by atoms with van der Waals surface area (Å²) in [5, 5.41) is 21.7. The van der Waals surface area contributed by atoms with Gasteiger partial charge in [0, 0.05) is 35.7 Å². The Kier molecular flexibility index (Phi) is 5.14. The van der Waals surface area contributed by atoms with Crippen molar-refractivity contribution in [3.8, 4) is 5.75 Å². The van der Waals surface area contributed by atoms with Crippen LogP contribution in [0.3, 0.4) is 0 Å². The molecule has 2 aromatic rings. The van der Waals surface area contributed by atoms with Crippen LogP contribution in [0.5, 0.6) is 5.75 Å². The smallest absolute Gasteiger partial charge is 0.285 e. The first kappa shape index (κ1) is 18.5. The number of thiocarbonyl (C=S) groups is 1. The number of rotatable bonds is 4. The Bertz CT molecular complexity index is 994. The molecule has 1 aliphatic rings. The third kappa shape index (κ3) is 3.93. The third-order valence-corrected chi connectivity index (χ3v) is 4.76. The van der Waals surface area contributed by atoms with E-state index in [9.17, 15) is 24.8 Å². The lowest BCUT2D eigenvalue weighted by Gasteiger charge is -2.15. The number of non-ortho nitro benzene ring substituents is 1. The Morgan fingerprint density at radius 3 is 2.70 bits per heavy atom. The highest BCUT2D eigenvalue weighted by Gasteiger charge is 2.34. The molecular formula is C16H10N4O5S2. The fourth-order valence-corrected chi connectivity index (χ4v) is 3.32. The maximum Gasteiger partial charge on any atom is 0.285 e. The zero-order valence-corrected chi connectivity index (χ0v) is 15.0. The number of carbonyl (C=O) groups is 2. The lowest BCUT2D eigenvalue weighted by Crippen LogP contribution is -2.44. The molecule has 136 valence electrons. The summed E-state index contributed by atoms with van der Waals surface area (Å²) in [6, 6.07) is 6.40. The molecule has 1 saturated heterocycles. The predicted molar refractivity (Wildman–Crippen MR) is 101 cm³/mol.